The van der Waals surface area contributed by atoms with Gasteiger partial charge in [-0.3, -0.25) is 4.79 Å². The Bertz CT molecular complexity index is 691. The first-order valence-electron chi connectivity index (χ1n) is 8.03. The van der Waals surface area contributed by atoms with Crippen LogP contribution in [0.1, 0.15) is 12.5 Å². The summed E-state index contributed by atoms with van der Waals surface area (Å²) in [5.74, 6) is 0.124. The number of hydrogen-bond donors (Lipinski definition) is 2. The summed E-state index contributed by atoms with van der Waals surface area (Å²) >= 11 is 11.9. The molecule has 0 aliphatic carbocycles. The van der Waals surface area contributed by atoms with Gasteiger partial charge in [0.1, 0.15) is 5.75 Å². The van der Waals surface area contributed by atoms with Crippen molar-refractivity contribution >= 4 is 29.1 Å². The molecule has 1 amide bonds. The Kier molecular flexibility index (Phi) is 7.56. The summed E-state index contributed by atoms with van der Waals surface area (Å²) < 4.78 is 5.58. The highest BCUT2D eigenvalue weighted by molar-refractivity contribution is 6.32. The van der Waals surface area contributed by atoms with E-state index in [4.69, 9.17) is 27.9 Å². The van der Waals surface area contributed by atoms with E-state index in [1.54, 1.807) is 31.2 Å². The monoisotopic (exact) mass is 381 g/mol. The summed E-state index contributed by atoms with van der Waals surface area (Å²) in [4.78, 5) is 12.2. The SMILES string of the molecule is C[C@@H](Oc1ccccc1Cl)C(=O)NC[C@H](CO)Cc1ccc(Cl)cc1. The molecule has 0 spiro atoms. The first kappa shape index (κ1) is 19.6. The Morgan fingerprint density at radius 1 is 1.16 bits per heavy atom. The predicted octanol–water partition coefficient (Wildman–Crippen LogP) is 3.73. The lowest BCUT2D eigenvalue weighted by molar-refractivity contribution is -0.127. The Morgan fingerprint density at radius 2 is 1.84 bits per heavy atom. The molecule has 2 N–H and O–H groups in total. The lowest BCUT2D eigenvalue weighted by atomic mass is 10.00. The van der Waals surface area contributed by atoms with Gasteiger partial charge in [-0.05, 0) is 43.2 Å². The van der Waals surface area contributed by atoms with E-state index in [9.17, 15) is 9.90 Å². The van der Waals surface area contributed by atoms with Crippen LogP contribution in [0.2, 0.25) is 10.0 Å². The van der Waals surface area contributed by atoms with Gasteiger partial charge in [-0.2, -0.15) is 0 Å². The normalized spacial score (nSPS) is 13.1. The first-order valence-corrected chi connectivity index (χ1v) is 8.79. The summed E-state index contributed by atoms with van der Waals surface area (Å²) in [5, 5.41) is 13.5. The van der Waals surface area contributed by atoms with Crippen molar-refractivity contribution in [2.24, 2.45) is 5.92 Å². The molecule has 2 rings (SSSR count). The van der Waals surface area contributed by atoms with Crippen molar-refractivity contribution in [3.05, 3.63) is 64.1 Å². The number of aliphatic hydroxyl groups is 1. The maximum atomic E-state index is 12.2. The van der Waals surface area contributed by atoms with E-state index in [0.717, 1.165) is 5.56 Å². The minimum atomic E-state index is -0.685. The zero-order valence-electron chi connectivity index (χ0n) is 13.9. The predicted molar refractivity (Wildman–Crippen MR) is 100 cm³/mol. The largest absolute Gasteiger partial charge is 0.479 e. The van der Waals surface area contributed by atoms with Crippen LogP contribution in [0.3, 0.4) is 0 Å². The van der Waals surface area contributed by atoms with Crippen LogP contribution >= 0.6 is 23.2 Å². The highest BCUT2D eigenvalue weighted by Gasteiger charge is 2.17. The van der Waals surface area contributed by atoms with E-state index in [-0.39, 0.29) is 18.4 Å². The molecule has 25 heavy (non-hydrogen) atoms. The topological polar surface area (TPSA) is 58.6 Å². The van der Waals surface area contributed by atoms with Crippen molar-refractivity contribution in [1.82, 2.24) is 5.32 Å². The van der Waals surface area contributed by atoms with Crippen LogP contribution in [0.5, 0.6) is 5.75 Å². The molecule has 0 aliphatic heterocycles. The van der Waals surface area contributed by atoms with E-state index < -0.39 is 6.10 Å². The highest BCUT2D eigenvalue weighted by atomic mass is 35.5. The van der Waals surface area contributed by atoms with Gasteiger partial charge in [-0.15, -0.1) is 0 Å². The lowest BCUT2D eigenvalue weighted by Gasteiger charge is -2.19. The number of carbonyl (C=O) groups is 1. The van der Waals surface area contributed by atoms with Crippen molar-refractivity contribution in [3.63, 3.8) is 0 Å². The number of nitrogens with one attached hydrogen (secondary N) is 1. The Labute approximate surface area is 157 Å². The van der Waals surface area contributed by atoms with E-state index in [0.29, 0.717) is 28.8 Å². The molecule has 2 atom stereocenters. The molecule has 0 aromatic heterocycles. The molecule has 0 unspecified atom stereocenters. The molecule has 134 valence electrons. The fourth-order valence-electron chi connectivity index (χ4n) is 2.33. The number of ether oxygens (including phenoxy) is 1. The first-order chi connectivity index (χ1) is 12.0. The Balaban J connectivity index is 1.84. The van der Waals surface area contributed by atoms with Crippen LogP contribution in [0.4, 0.5) is 0 Å². The molecule has 2 aromatic rings. The molecule has 0 saturated heterocycles. The van der Waals surface area contributed by atoms with E-state index >= 15 is 0 Å². The van der Waals surface area contributed by atoms with Crippen LogP contribution < -0.4 is 10.1 Å². The second-order valence-corrected chi connectivity index (χ2v) is 6.66. The minimum Gasteiger partial charge on any atom is -0.479 e. The van der Waals surface area contributed by atoms with Crippen molar-refractivity contribution in [3.8, 4) is 5.75 Å². The number of hydrogen-bond acceptors (Lipinski definition) is 3. The Morgan fingerprint density at radius 3 is 2.48 bits per heavy atom. The summed E-state index contributed by atoms with van der Waals surface area (Å²) in [6.45, 7) is 1.99. The van der Waals surface area contributed by atoms with Crippen LogP contribution in [0, 0.1) is 5.92 Å². The molecule has 0 heterocycles. The smallest absolute Gasteiger partial charge is 0.260 e. The van der Waals surface area contributed by atoms with Gasteiger partial charge in [0.05, 0.1) is 5.02 Å². The quantitative estimate of drug-likeness (QED) is 0.732. The molecule has 0 saturated carbocycles. The average molecular weight is 382 g/mol. The Hall–Kier alpha value is -1.75. The molecular formula is C19H21Cl2NO3. The molecule has 6 heteroatoms. The van der Waals surface area contributed by atoms with Crippen LogP contribution in [-0.4, -0.2) is 30.3 Å². The fourth-order valence-corrected chi connectivity index (χ4v) is 2.63. The third-order valence-corrected chi connectivity index (χ3v) is 4.33. The van der Waals surface area contributed by atoms with Gasteiger partial charge in [0.25, 0.3) is 5.91 Å². The zero-order valence-corrected chi connectivity index (χ0v) is 15.4. The highest BCUT2D eigenvalue weighted by Crippen LogP contribution is 2.24. The molecule has 2 aromatic carbocycles. The summed E-state index contributed by atoms with van der Waals surface area (Å²) in [5.41, 5.74) is 1.05. The third kappa shape index (κ3) is 6.24. The van der Waals surface area contributed by atoms with Gasteiger partial charge >= 0.3 is 0 Å². The number of amides is 1. The number of para-hydroxylation sites is 1. The van der Waals surface area contributed by atoms with Gasteiger partial charge < -0.3 is 15.2 Å². The molecule has 0 fully saturated rings. The van der Waals surface area contributed by atoms with Gasteiger partial charge in [-0.1, -0.05) is 47.5 Å². The fraction of sp³-hybridized carbons (Fsp3) is 0.316. The molecule has 4 nitrogen and oxygen atoms in total. The molecule has 0 bridgehead atoms. The van der Waals surface area contributed by atoms with Crippen molar-refractivity contribution < 1.29 is 14.6 Å². The maximum Gasteiger partial charge on any atom is 0.260 e. The number of aliphatic hydroxyl groups excluding tert-OH is 1. The second kappa shape index (κ2) is 9.66. The third-order valence-electron chi connectivity index (χ3n) is 3.77. The van der Waals surface area contributed by atoms with Gasteiger partial charge in [0, 0.05) is 24.1 Å². The molecular weight excluding hydrogens is 361 g/mol. The van der Waals surface area contributed by atoms with Gasteiger partial charge in [-0.25, -0.2) is 0 Å². The maximum absolute atomic E-state index is 12.2. The van der Waals surface area contributed by atoms with Crippen molar-refractivity contribution in [2.45, 2.75) is 19.4 Å². The van der Waals surface area contributed by atoms with Crippen LogP contribution in [0.15, 0.2) is 48.5 Å². The molecule has 0 aliphatic rings. The van der Waals surface area contributed by atoms with Gasteiger partial charge in [0.2, 0.25) is 0 Å². The van der Waals surface area contributed by atoms with Crippen molar-refractivity contribution in [1.29, 1.82) is 0 Å². The van der Waals surface area contributed by atoms with Crippen LogP contribution in [0.25, 0.3) is 0 Å². The standard InChI is InChI=1S/C19H21Cl2NO3/c1-13(25-18-5-3-2-4-17(18)21)19(24)22-11-15(12-23)10-14-6-8-16(20)9-7-14/h2-9,13,15,23H,10-12H2,1H3,(H,22,24)/t13-,15-/m1/s1. The summed E-state index contributed by atoms with van der Waals surface area (Å²) in [6.07, 6.45) is -0.0389. The van der Waals surface area contributed by atoms with E-state index in [1.165, 1.54) is 0 Å². The van der Waals surface area contributed by atoms with E-state index in [1.807, 2.05) is 24.3 Å². The number of halogens is 2. The second-order valence-electron chi connectivity index (χ2n) is 5.81. The van der Waals surface area contributed by atoms with Crippen LogP contribution in [-0.2, 0) is 11.2 Å². The number of carbonyl (C=O) groups excluding carboxylic acids is 1. The summed E-state index contributed by atoms with van der Waals surface area (Å²) in [7, 11) is 0. The number of rotatable bonds is 8. The van der Waals surface area contributed by atoms with Crippen molar-refractivity contribution in [2.75, 3.05) is 13.2 Å². The average Bonchev–Trinajstić information content (AvgIpc) is 2.61. The van der Waals surface area contributed by atoms with E-state index in [2.05, 4.69) is 5.32 Å². The molecule has 0 radical (unpaired) electrons. The lowest BCUT2D eigenvalue weighted by Crippen LogP contribution is -2.40. The zero-order chi connectivity index (χ0) is 18.2. The van der Waals surface area contributed by atoms with Gasteiger partial charge in [0.15, 0.2) is 6.10 Å². The number of benzene rings is 2. The summed E-state index contributed by atoms with van der Waals surface area (Å²) in [6, 6.07) is 14.4. The minimum absolute atomic E-state index is 0.0251.